The van der Waals surface area contributed by atoms with Gasteiger partial charge in [-0.15, -0.1) is 0 Å². The van der Waals surface area contributed by atoms with Crippen molar-refractivity contribution in [2.45, 2.75) is 25.8 Å². The number of amides is 2. The van der Waals surface area contributed by atoms with Crippen molar-refractivity contribution in [2.24, 2.45) is 5.92 Å². The Hall–Kier alpha value is -2.87. The van der Waals surface area contributed by atoms with Crippen LogP contribution in [0.3, 0.4) is 0 Å². The van der Waals surface area contributed by atoms with Crippen LogP contribution in [0.25, 0.3) is 0 Å². The highest BCUT2D eigenvalue weighted by Crippen LogP contribution is 2.28. The fraction of sp³-hybridized carbons (Fsp3) is 0.421. The van der Waals surface area contributed by atoms with Crippen molar-refractivity contribution < 1.29 is 18.7 Å². The highest BCUT2D eigenvalue weighted by Gasteiger charge is 2.34. The van der Waals surface area contributed by atoms with Crippen LogP contribution >= 0.6 is 0 Å². The Bertz CT molecular complexity index is 824. The second-order valence-electron chi connectivity index (χ2n) is 7.01. The smallest absolute Gasteiger partial charge is 0.312 e. The molecule has 1 aromatic heterocycles. The molecule has 3 fully saturated rings. The Morgan fingerprint density at radius 3 is 2.59 bits per heavy atom. The number of hydrogen-bond donors (Lipinski definition) is 2. The average molecular weight is 370 g/mol. The number of hydrogen-bond acceptors (Lipinski definition) is 6. The number of anilines is 1. The van der Waals surface area contributed by atoms with Gasteiger partial charge < -0.3 is 19.4 Å². The topological polar surface area (TPSA) is 96.7 Å². The average Bonchev–Trinajstić information content (AvgIpc) is 3.09. The van der Waals surface area contributed by atoms with Crippen LogP contribution in [0.15, 0.2) is 34.9 Å². The molecule has 0 spiro atoms. The van der Waals surface area contributed by atoms with E-state index in [0.29, 0.717) is 17.2 Å². The molecule has 8 nitrogen and oxygen atoms in total. The number of fused-ring (bicyclic) bond motifs is 3. The first-order chi connectivity index (χ1) is 13.1. The number of benzene rings is 1. The molecule has 0 saturated carbocycles. The van der Waals surface area contributed by atoms with Crippen LogP contribution in [0.5, 0.6) is 11.7 Å². The minimum Gasteiger partial charge on any atom is -0.425 e. The van der Waals surface area contributed by atoms with Crippen molar-refractivity contribution in [3.63, 3.8) is 0 Å². The molecule has 0 aliphatic carbocycles. The molecular weight excluding hydrogens is 348 g/mol. The number of oxazole rings is 1. The van der Waals surface area contributed by atoms with Crippen molar-refractivity contribution >= 4 is 17.8 Å². The van der Waals surface area contributed by atoms with Gasteiger partial charge in [0.2, 0.25) is 5.91 Å². The van der Waals surface area contributed by atoms with Crippen molar-refractivity contribution in [1.29, 1.82) is 0 Å². The van der Waals surface area contributed by atoms with Gasteiger partial charge in [-0.1, -0.05) is 0 Å². The first-order valence-corrected chi connectivity index (χ1v) is 9.11. The normalized spacial score (nSPS) is 23.7. The summed E-state index contributed by atoms with van der Waals surface area (Å²) < 4.78 is 10.8. The van der Waals surface area contributed by atoms with Crippen LogP contribution in [0.2, 0.25) is 0 Å². The van der Waals surface area contributed by atoms with Crippen LogP contribution in [0, 0.1) is 5.92 Å². The number of aromatic nitrogens is 1. The van der Waals surface area contributed by atoms with Gasteiger partial charge in [-0.25, -0.2) is 0 Å². The van der Waals surface area contributed by atoms with Crippen molar-refractivity contribution in [2.75, 3.05) is 25.0 Å². The monoisotopic (exact) mass is 370 g/mol. The van der Waals surface area contributed by atoms with E-state index in [1.165, 1.54) is 13.1 Å². The van der Waals surface area contributed by atoms with Gasteiger partial charge in [-0.3, -0.25) is 14.9 Å². The summed E-state index contributed by atoms with van der Waals surface area (Å²) in [6.45, 7) is 4.60. The SMILES string of the molecule is CC(=O)Nc1ncc(Oc2ccc(C(=O)N[C@H]3CN4CCC3CC4)cc2)o1. The van der Waals surface area contributed by atoms with E-state index in [1.54, 1.807) is 24.3 Å². The Kier molecular flexibility index (Phi) is 4.81. The van der Waals surface area contributed by atoms with E-state index in [4.69, 9.17) is 9.15 Å². The van der Waals surface area contributed by atoms with E-state index in [9.17, 15) is 9.59 Å². The summed E-state index contributed by atoms with van der Waals surface area (Å²) in [6.07, 6.45) is 3.70. The van der Waals surface area contributed by atoms with E-state index in [-0.39, 0.29) is 29.8 Å². The van der Waals surface area contributed by atoms with E-state index in [2.05, 4.69) is 20.5 Å². The molecular formula is C19H22N4O4. The third-order valence-electron chi connectivity index (χ3n) is 5.08. The van der Waals surface area contributed by atoms with Gasteiger partial charge in [0.25, 0.3) is 5.91 Å². The molecule has 0 radical (unpaired) electrons. The molecule has 2 bridgehead atoms. The number of carbonyl (C=O) groups is 2. The molecule has 0 unspecified atom stereocenters. The van der Waals surface area contributed by atoms with Crippen molar-refractivity contribution in [3.8, 4) is 11.7 Å². The maximum atomic E-state index is 12.5. The van der Waals surface area contributed by atoms with Gasteiger partial charge in [-0.05, 0) is 56.1 Å². The Labute approximate surface area is 156 Å². The lowest BCUT2D eigenvalue weighted by Crippen LogP contribution is -2.57. The Balaban J connectivity index is 1.35. The number of nitrogens with zero attached hydrogens (tertiary/aromatic N) is 2. The van der Waals surface area contributed by atoms with E-state index < -0.39 is 0 Å². The summed E-state index contributed by atoms with van der Waals surface area (Å²) in [5, 5.41) is 5.60. The van der Waals surface area contributed by atoms with Gasteiger partial charge in [0.15, 0.2) is 0 Å². The molecule has 2 amide bonds. The number of piperidine rings is 3. The van der Waals surface area contributed by atoms with Crippen LogP contribution in [-0.4, -0.2) is 47.4 Å². The number of ether oxygens (including phenoxy) is 1. The fourth-order valence-corrected chi connectivity index (χ4v) is 3.69. The molecule has 3 aliphatic rings. The van der Waals surface area contributed by atoms with E-state index in [0.717, 1.165) is 32.5 Å². The summed E-state index contributed by atoms with van der Waals surface area (Å²) >= 11 is 0. The van der Waals surface area contributed by atoms with Gasteiger partial charge in [-0.2, -0.15) is 4.98 Å². The molecule has 5 rings (SSSR count). The summed E-state index contributed by atoms with van der Waals surface area (Å²) in [5.74, 6) is 0.920. The lowest BCUT2D eigenvalue weighted by Gasteiger charge is -2.44. The van der Waals surface area contributed by atoms with Crippen LogP contribution in [0.4, 0.5) is 6.01 Å². The maximum absolute atomic E-state index is 12.5. The number of carbonyl (C=O) groups excluding carboxylic acids is 2. The largest absolute Gasteiger partial charge is 0.425 e. The predicted octanol–water partition coefficient (Wildman–Crippen LogP) is 2.25. The molecule has 3 aliphatic heterocycles. The summed E-state index contributed by atoms with van der Waals surface area (Å²) in [5.41, 5.74) is 0.593. The van der Waals surface area contributed by atoms with E-state index in [1.807, 2.05) is 0 Å². The zero-order valence-electron chi connectivity index (χ0n) is 15.1. The molecule has 1 atom stereocenters. The highest BCUT2D eigenvalue weighted by atomic mass is 16.6. The zero-order chi connectivity index (χ0) is 18.8. The molecule has 27 heavy (non-hydrogen) atoms. The molecule has 2 aromatic rings. The van der Waals surface area contributed by atoms with Crippen molar-refractivity contribution in [3.05, 3.63) is 36.0 Å². The van der Waals surface area contributed by atoms with Crippen LogP contribution < -0.4 is 15.4 Å². The quantitative estimate of drug-likeness (QED) is 0.838. The van der Waals surface area contributed by atoms with Gasteiger partial charge in [0, 0.05) is 25.1 Å². The zero-order valence-corrected chi connectivity index (χ0v) is 15.1. The lowest BCUT2D eigenvalue weighted by atomic mass is 9.84. The van der Waals surface area contributed by atoms with Crippen molar-refractivity contribution in [1.82, 2.24) is 15.2 Å². The first kappa shape index (κ1) is 17.5. The predicted molar refractivity (Wildman–Crippen MR) is 97.7 cm³/mol. The first-order valence-electron chi connectivity index (χ1n) is 9.11. The fourth-order valence-electron chi connectivity index (χ4n) is 3.69. The standard InChI is InChI=1S/C19H22N4O4/c1-12(24)21-19-20-10-17(27-19)26-15-4-2-14(3-5-15)18(25)22-16-11-23-8-6-13(16)7-9-23/h2-5,10,13,16H,6-9,11H2,1H3,(H,22,25)(H,20,21,24)/t16-/m0/s1. The van der Waals surface area contributed by atoms with Gasteiger partial charge >= 0.3 is 12.0 Å². The molecule has 1 aromatic carbocycles. The third kappa shape index (κ3) is 4.11. The van der Waals surface area contributed by atoms with E-state index >= 15 is 0 Å². The molecule has 142 valence electrons. The van der Waals surface area contributed by atoms with Gasteiger partial charge in [0.05, 0.1) is 0 Å². The minimum absolute atomic E-state index is 0.0621. The van der Waals surface area contributed by atoms with Crippen LogP contribution in [-0.2, 0) is 4.79 Å². The minimum atomic E-state index is -0.276. The van der Waals surface area contributed by atoms with Gasteiger partial charge in [0.1, 0.15) is 11.9 Å². The lowest BCUT2D eigenvalue weighted by molar-refractivity contribution is -0.114. The molecule has 2 N–H and O–H groups in total. The second-order valence-corrected chi connectivity index (χ2v) is 7.01. The Morgan fingerprint density at radius 2 is 1.96 bits per heavy atom. The number of nitrogens with one attached hydrogen (secondary N) is 2. The number of rotatable bonds is 5. The second kappa shape index (κ2) is 7.40. The summed E-state index contributed by atoms with van der Waals surface area (Å²) in [6, 6.07) is 7.15. The van der Waals surface area contributed by atoms with Crippen LogP contribution in [0.1, 0.15) is 30.1 Å². The molecule has 4 heterocycles. The highest BCUT2D eigenvalue weighted by molar-refractivity contribution is 5.94. The summed E-state index contributed by atoms with van der Waals surface area (Å²) in [4.78, 5) is 29.8. The third-order valence-corrected chi connectivity index (χ3v) is 5.08. The molecule has 3 saturated heterocycles. The maximum Gasteiger partial charge on any atom is 0.312 e. The molecule has 8 heteroatoms. The Morgan fingerprint density at radius 1 is 1.22 bits per heavy atom. The summed E-state index contributed by atoms with van der Waals surface area (Å²) in [7, 11) is 0.